The minimum Gasteiger partial charge on any atom is -0.456 e. The molecule has 0 spiro atoms. The largest absolute Gasteiger partial charge is 0.456 e. The maximum Gasteiger partial charge on any atom is 0.338 e. The number of esters is 2. The predicted octanol–water partition coefficient (Wildman–Crippen LogP) is 3.98. The molecule has 0 aliphatic carbocycles. The number of aryl methyl sites for hydroxylation is 4. The van der Waals surface area contributed by atoms with Crippen LogP contribution in [0.15, 0.2) is 54.6 Å². The SMILES string of the molecule is Cc1ccc(C(=O)COC(=O)CN2C(=O)c3ccc(C(=O)OCC(=O)c4ccc(C)c(C)c4)cc3C2=O)cc1C. The number of rotatable bonds is 9. The molecule has 0 bridgehead atoms. The van der Waals surface area contributed by atoms with Gasteiger partial charge >= 0.3 is 11.9 Å². The highest BCUT2D eigenvalue weighted by Crippen LogP contribution is 2.24. The lowest BCUT2D eigenvalue weighted by Gasteiger charge is -2.13. The molecule has 9 heteroatoms. The fourth-order valence-electron chi connectivity index (χ4n) is 4.09. The number of benzene rings is 3. The van der Waals surface area contributed by atoms with E-state index >= 15 is 0 Å². The summed E-state index contributed by atoms with van der Waals surface area (Å²) in [7, 11) is 0. The third-order valence-electron chi connectivity index (χ3n) is 6.85. The Morgan fingerprint density at radius 1 is 0.600 bits per heavy atom. The fraction of sp³-hybridized carbons (Fsp3) is 0.226. The van der Waals surface area contributed by atoms with Crippen LogP contribution >= 0.6 is 0 Å². The van der Waals surface area contributed by atoms with Crippen molar-refractivity contribution in [2.75, 3.05) is 19.8 Å². The third kappa shape index (κ3) is 5.88. The number of Topliss-reactive ketones (excluding diaryl/α,β-unsaturated/α-hetero) is 2. The van der Waals surface area contributed by atoms with Crippen molar-refractivity contribution in [1.82, 2.24) is 4.90 Å². The van der Waals surface area contributed by atoms with E-state index in [2.05, 4.69) is 0 Å². The van der Waals surface area contributed by atoms with Gasteiger partial charge in [0.1, 0.15) is 6.54 Å². The minimum absolute atomic E-state index is 0.00626. The molecule has 2 amide bonds. The van der Waals surface area contributed by atoms with Crippen LogP contribution in [0.1, 0.15) is 74.0 Å². The summed E-state index contributed by atoms with van der Waals surface area (Å²) >= 11 is 0. The Morgan fingerprint density at radius 3 is 1.65 bits per heavy atom. The van der Waals surface area contributed by atoms with Crippen molar-refractivity contribution in [2.45, 2.75) is 27.7 Å². The van der Waals surface area contributed by atoms with Crippen LogP contribution in [-0.4, -0.2) is 60.0 Å². The zero-order valence-corrected chi connectivity index (χ0v) is 22.5. The first-order chi connectivity index (χ1) is 19.0. The lowest BCUT2D eigenvalue weighted by Crippen LogP contribution is -2.36. The van der Waals surface area contributed by atoms with Crippen LogP contribution in [0.3, 0.4) is 0 Å². The Bertz CT molecular complexity index is 1590. The van der Waals surface area contributed by atoms with Crippen LogP contribution in [0.5, 0.6) is 0 Å². The Morgan fingerprint density at radius 2 is 1.10 bits per heavy atom. The highest BCUT2D eigenvalue weighted by atomic mass is 16.5. The first kappa shape index (κ1) is 28.1. The van der Waals surface area contributed by atoms with Crippen molar-refractivity contribution in [3.63, 3.8) is 0 Å². The molecular formula is C31H27NO8. The van der Waals surface area contributed by atoms with Gasteiger partial charge in [0.15, 0.2) is 24.8 Å². The van der Waals surface area contributed by atoms with Crippen LogP contribution in [0.25, 0.3) is 0 Å². The van der Waals surface area contributed by atoms with Gasteiger partial charge in [0.05, 0.1) is 16.7 Å². The number of carbonyl (C=O) groups excluding carboxylic acids is 6. The Kier molecular flexibility index (Phi) is 8.04. The predicted molar refractivity (Wildman–Crippen MR) is 144 cm³/mol. The molecule has 0 atom stereocenters. The number of ether oxygens (including phenoxy) is 2. The molecule has 0 saturated heterocycles. The number of amides is 2. The molecule has 3 aromatic rings. The topological polar surface area (TPSA) is 124 Å². The third-order valence-corrected chi connectivity index (χ3v) is 6.85. The highest BCUT2D eigenvalue weighted by molar-refractivity contribution is 6.22. The van der Waals surface area contributed by atoms with Crippen molar-refractivity contribution in [2.24, 2.45) is 0 Å². The lowest BCUT2D eigenvalue weighted by molar-refractivity contribution is -0.142. The number of hydrogen-bond donors (Lipinski definition) is 0. The maximum atomic E-state index is 12.9. The summed E-state index contributed by atoms with van der Waals surface area (Å²) in [5.74, 6) is -4.11. The molecule has 1 aliphatic heterocycles. The summed E-state index contributed by atoms with van der Waals surface area (Å²) in [5.41, 5.74) is 4.57. The molecule has 0 aromatic heterocycles. The van der Waals surface area contributed by atoms with Crippen LogP contribution in [0.2, 0.25) is 0 Å². The van der Waals surface area contributed by atoms with Crippen molar-refractivity contribution in [3.05, 3.63) is 105 Å². The van der Waals surface area contributed by atoms with Gasteiger partial charge in [-0.1, -0.05) is 24.3 Å². The quantitative estimate of drug-likeness (QED) is 0.226. The number of hydrogen-bond acceptors (Lipinski definition) is 8. The molecule has 0 saturated carbocycles. The van der Waals surface area contributed by atoms with Crippen molar-refractivity contribution in [1.29, 1.82) is 0 Å². The second-order valence-corrected chi connectivity index (χ2v) is 9.64. The number of ketones is 2. The van der Waals surface area contributed by atoms with Crippen LogP contribution in [0, 0.1) is 27.7 Å². The van der Waals surface area contributed by atoms with E-state index in [1.165, 1.54) is 18.2 Å². The van der Waals surface area contributed by atoms with E-state index < -0.39 is 49.3 Å². The summed E-state index contributed by atoms with van der Waals surface area (Å²) in [5, 5.41) is 0. The van der Waals surface area contributed by atoms with Crippen molar-refractivity contribution >= 4 is 35.3 Å². The van der Waals surface area contributed by atoms with Gasteiger partial charge in [-0.15, -0.1) is 0 Å². The standard InChI is InChI=1S/C31H27NO8/c1-17-5-7-21(11-19(17)3)26(33)15-39-28(35)14-32-29(36)24-10-9-23(13-25(24)30(32)37)31(38)40-16-27(34)22-8-6-18(2)20(4)12-22/h5-13H,14-16H2,1-4H3. The second-order valence-electron chi connectivity index (χ2n) is 9.64. The Labute approximate surface area is 230 Å². The molecule has 9 nitrogen and oxygen atoms in total. The summed E-state index contributed by atoms with van der Waals surface area (Å²) in [6.45, 7) is 5.82. The van der Waals surface area contributed by atoms with E-state index in [4.69, 9.17) is 9.47 Å². The van der Waals surface area contributed by atoms with Crippen LogP contribution < -0.4 is 0 Å². The molecule has 1 heterocycles. The normalized spacial score (nSPS) is 12.2. The van der Waals surface area contributed by atoms with Gasteiger partial charge in [-0.3, -0.25) is 28.9 Å². The van der Waals surface area contributed by atoms with Gasteiger partial charge in [0, 0.05) is 11.1 Å². The summed E-state index contributed by atoms with van der Waals surface area (Å²) in [4.78, 5) is 76.0. The highest BCUT2D eigenvalue weighted by Gasteiger charge is 2.37. The molecular weight excluding hydrogens is 514 g/mol. The molecule has 1 aliphatic rings. The van der Waals surface area contributed by atoms with E-state index in [-0.39, 0.29) is 22.5 Å². The summed E-state index contributed by atoms with van der Waals surface area (Å²) < 4.78 is 10.1. The molecule has 3 aromatic carbocycles. The average Bonchev–Trinajstić information content (AvgIpc) is 3.17. The average molecular weight is 542 g/mol. The Balaban J connectivity index is 1.35. The summed E-state index contributed by atoms with van der Waals surface area (Å²) in [6.07, 6.45) is 0. The monoisotopic (exact) mass is 541 g/mol. The molecule has 204 valence electrons. The van der Waals surface area contributed by atoms with Gasteiger partial charge in [-0.2, -0.15) is 0 Å². The van der Waals surface area contributed by atoms with Gasteiger partial charge in [-0.25, -0.2) is 4.79 Å². The van der Waals surface area contributed by atoms with Gasteiger partial charge in [-0.05, 0) is 80.3 Å². The van der Waals surface area contributed by atoms with E-state index in [9.17, 15) is 28.8 Å². The molecule has 0 fully saturated rings. The number of carbonyl (C=O) groups is 6. The van der Waals surface area contributed by atoms with Gasteiger partial charge in [0.2, 0.25) is 0 Å². The number of imide groups is 1. The second kappa shape index (κ2) is 11.4. The van der Waals surface area contributed by atoms with Crippen molar-refractivity contribution < 1.29 is 38.2 Å². The Hall–Kier alpha value is -4.92. The van der Waals surface area contributed by atoms with E-state index in [1.54, 1.807) is 36.4 Å². The number of fused-ring (bicyclic) bond motifs is 1. The van der Waals surface area contributed by atoms with E-state index in [1.807, 2.05) is 27.7 Å². The molecule has 0 radical (unpaired) electrons. The molecule has 4 rings (SSSR count). The zero-order chi connectivity index (χ0) is 29.1. The van der Waals surface area contributed by atoms with E-state index in [0.29, 0.717) is 16.0 Å². The van der Waals surface area contributed by atoms with Crippen LogP contribution in [-0.2, 0) is 14.3 Å². The van der Waals surface area contributed by atoms with Gasteiger partial charge < -0.3 is 9.47 Å². The lowest BCUT2D eigenvalue weighted by atomic mass is 10.0. The maximum absolute atomic E-state index is 12.9. The summed E-state index contributed by atoms with van der Waals surface area (Å²) in [6, 6.07) is 14.0. The zero-order valence-electron chi connectivity index (χ0n) is 22.5. The first-order valence-electron chi connectivity index (χ1n) is 12.5. The molecule has 0 unspecified atom stereocenters. The number of nitrogens with zero attached hydrogens (tertiary/aromatic N) is 1. The van der Waals surface area contributed by atoms with Gasteiger partial charge in [0.25, 0.3) is 11.8 Å². The van der Waals surface area contributed by atoms with Crippen LogP contribution in [0.4, 0.5) is 0 Å². The molecule has 0 N–H and O–H groups in total. The fourth-order valence-corrected chi connectivity index (χ4v) is 4.09. The first-order valence-corrected chi connectivity index (χ1v) is 12.5. The van der Waals surface area contributed by atoms with E-state index in [0.717, 1.165) is 22.3 Å². The van der Waals surface area contributed by atoms with Crippen molar-refractivity contribution in [3.8, 4) is 0 Å². The minimum atomic E-state index is -0.934. The molecule has 40 heavy (non-hydrogen) atoms. The smallest absolute Gasteiger partial charge is 0.338 e.